The quantitative estimate of drug-likeness (QED) is 0.615. The molecule has 1 heterocycles. The Morgan fingerprint density at radius 2 is 2.07 bits per heavy atom. The highest BCUT2D eigenvalue weighted by Gasteiger charge is 2.18. The van der Waals surface area contributed by atoms with Crippen molar-refractivity contribution >= 4 is 16.9 Å². The molecule has 0 saturated carbocycles. The van der Waals surface area contributed by atoms with Gasteiger partial charge in [0.05, 0.1) is 0 Å². The van der Waals surface area contributed by atoms with E-state index in [0.717, 1.165) is 41.5 Å². The molecule has 0 bridgehead atoms. The Kier molecular flexibility index (Phi) is 1.84. The molecule has 15 heavy (non-hydrogen) atoms. The van der Waals surface area contributed by atoms with Crippen LogP contribution in [0.1, 0.15) is 35.2 Å². The number of aryl methyl sites for hydroxylation is 1. The van der Waals surface area contributed by atoms with E-state index in [1.165, 1.54) is 6.39 Å². The van der Waals surface area contributed by atoms with Crippen LogP contribution in [-0.2, 0) is 6.42 Å². The van der Waals surface area contributed by atoms with Crippen LogP contribution < -0.4 is 0 Å². The zero-order valence-corrected chi connectivity index (χ0v) is 8.32. The lowest BCUT2D eigenvalue weighted by Crippen LogP contribution is -2.00. The molecular weight excluding hydrogens is 190 g/mol. The van der Waals surface area contributed by atoms with Gasteiger partial charge in [-0.15, -0.1) is 0 Å². The Balaban J connectivity index is 2.31. The first-order valence-corrected chi connectivity index (χ1v) is 5.24. The van der Waals surface area contributed by atoms with Crippen LogP contribution in [0.3, 0.4) is 0 Å². The maximum Gasteiger partial charge on any atom is 0.181 e. The zero-order chi connectivity index (χ0) is 10.3. The van der Waals surface area contributed by atoms with Crippen molar-refractivity contribution in [2.75, 3.05) is 0 Å². The Morgan fingerprint density at radius 3 is 3.00 bits per heavy atom. The van der Waals surface area contributed by atoms with E-state index in [0.29, 0.717) is 6.42 Å². The number of aromatic nitrogens is 1. The minimum absolute atomic E-state index is 0.243. The van der Waals surface area contributed by atoms with E-state index in [1.54, 1.807) is 0 Å². The van der Waals surface area contributed by atoms with Crippen molar-refractivity contribution in [3.8, 4) is 0 Å². The summed E-state index contributed by atoms with van der Waals surface area (Å²) in [7, 11) is 0. The average Bonchev–Trinajstić information content (AvgIpc) is 2.64. The second-order valence-electron chi connectivity index (χ2n) is 3.92. The minimum atomic E-state index is 0.243. The molecule has 0 spiro atoms. The van der Waals surface area contributed by atoms with E-state index in [1.807, 2.05) is 12.1 Å². The molecule has 1 aliphatic carbocycles. The first-order chi connectivity index (χ1) is 7.36. The van der Waals surface area contributed by atoms with Crippen molar-refractivity contribution in [3.05, 3.63) is 29.7 Å². The summed E-state index contributed by atoms with van der Waals surface area (Å²) in [5.74, 6) is 0.243. The summed E-state index contributed by atoms with van der Waals surface area (Å²) < 4.78 is 5.24. The van der Waals surface area contributed by atoms with Gasteiger partial charge in [-0.2, -0.15) is 0 Å². The Hall–Kier alpha value is -1.64. The fourth-order valence-corrected chi connectivity index (χ4v) is 2.22. The lowest BCUT2D eigenvalue weighted by atomic mass is 10.0. The van der Waals surface area contributed by atoms with Gasteiger partial charge in [-0.05, 0) is 37.0 Å². The van der Waals surface area contributed by atoms with Crippen LogP contribution in [-0.4, -0.2) is 10.8 Å². The Labute approximate surface area is 87.1 Å². The van der Waals surface area contributed by atoms with Crippen molar-refractivity contribution in [1.29, 1.82) is 0 Å². The second kappa shape index (κ2) is 3.19. The largest absolute Gasteiger partial charge is 0.443 e. The predicted molar refractivity (Wildman–Crippen MR) is 55.9 cm³/mol. The van der Waals surface area contributed by atoms with E-state index in [2.05, 4.69) is 4.98 Å². The summed E-state index contributed by atoms with van der Waals surface area (Å²) in [6.45, 7) is 0. The predicted octanol–water partition coefficient (Wildman–Crippen LogP) is 2.74. The van der Waals surface area contributed by atoms with Gasteiger partial charge in [0.1, 0.15) is 5.52 Å². The number of carbonyl (C=O) groups is 1. The van der Waals surface area contributed by atoms with Gasteiger partial charge in [-0.1, -0.05) is 0 Å². The Morgan fingerprint density at radius 1 is 1.20 bits per heavy atom. The highest BCUT2D eigenvalue weighted by atomic mass is 16.3. The van der Waals surface area contributed by atoms with Gasteiger partial charge >= 0.3 is 0 Å². The highest BCUT2D eigenvalue weighted by molar-refractivity contribution is 6.01. The van der Waals surface area contributed by atoms with Crippen molar-refractivity contribution in [3.63, 3.8) is 0 Å². The third-order valence-corrected chi connectivity index (χ3v) is 2.99. The number of hydrogen-bond donors (Lipinski definition) is 0. The number of oxazole rings is 1. The summed E-state index contributed by atoms with van der Waals surface area (Å²) >= 11 is 0. The molecule has 0 aliphatic heterocycles. The fraction of sp³-hybridized carbons (Fsp3) is 0.333. The topological polar surface area (TPSA) is 43.1 Å². The van der Waals surface area contributed by atoms with Crippen molar-refractivity contribution in [1.82, 2.24) is 4.98 Å². The van der Waals surface area contributed by atoms with Crippen LogP contribution in [0.25, 0.3) is 11.1 Å². The van der Waals surface area contributed by atoms with E-state index < -0.39 is 0 Å². The molecule has 3 heteroatoms. The smallest absolute Gasteiger partial charge is 0.181 e. The molecule has 0 fully saturated rings. The van der Waals surface area contributed by atoms with Gasteiger partial charge < -0.3 is 4.42 Å². The van der Waals surface area contributed by atoms with Crippen LogP contribution in [0, 0.1) is 0 Å². The van der Waals surface area contributed by atoms with E-state index in [4.69, 9.17) is 4.42 Å². The number of fused-ring (bicyclic) bond motifs is 3. The number of rotatable bonds is 0. The van der Waals surface area contributed by atoms with E-state index in [9.17, 15) is 4.79 Å². The maximum atomic E-state index is 11.8. The van der Waals surface area contributed by atoms with Crippen LogP contribution in [0.2, 0.25) is 0 Å². The standard InChI is InChI=1S/C12H11NO2/c14-10-4-2-1-3-9-8(10)5-6-11-12(9)13-7-15-11/h5-7H,1-4H2. The number of benzene rings is 1. The molecule has 0 radical (unpaired) electrons. The summed E-state index contributed by atoms with van der Waals surface area (Å²) in [6.07, 6.45) is 5.08. The molecule has 0 saturated heterocycles. The SMILES string of the molecule is O=C1CCCCc2c1ccc1ocnc21. The molecule has 0 atom stereocenters. The summed E-state index contributed by atoms with van der Waals surface area (Å²) in [4.78, 5) is 16.0. The lowest BCUT2D eigenvalue weighted by Gasteiger charge is -2.03. The monoisotopic (exact) mass is 201 g/mol. The summed E-state index contributed by atoms with van der Waals surface area (Å²) in [5, 5.41) is 0. The fourth-order valence-electron chi connectivity index (χ4n) is 2.22. The molecule has 0 amide bonds. The minimum Gasteiger partial charge on any atom is -0.443 e. The second-order valence-corrected chi connectivity index (χ2v) is 3.92. The highest BCUT2D eigenvalue weighted by Crippen LogP contribution is 2.27. The number of Topliss-reactive ketones (excluding diaryl/α,β-unsaturated/α-hetero) is 1. The van der Waals surface area contributed by atoms with Gasteiger partial charge in [0.25, 0.3) is 0 Å². The van der Waals surface area contributed by atoms with Crippen molar-refractivity contribution in [2.24, 2.45) is 0 Å². The van der Waals surface area contributed by atoms with Gasteiger partial charge in [0, 0.05) is 12.0 Å². The molecular formula is C12H11NO2. The van der Waals surface area contributed by atoms with Crippen LogP contribution in [0.5, 0.6) is 0 Å². The third kappa shape index (κ3) is 1.27. The Bertz CT molecular complexity index is 527. The summed E-state index contributed by atoms with van der Waals surface area (Å²) in [6, 6.07) is 3.71. The lowest BCUT2D eigenvalue weighted by molar-refractivity contribution is 0.0982. The molecule has 1 aliphatic rings. The number of hydrogen-bond acceptors (Lipinski definition) is 3. The molecule has 2 aromatic rings. The normalized spacial score (nSPS) is 16.4. The molecule has 0 unspecified atom stereocenters. The van der Waals surface area contributed by atoms with Crippen molar-refractivity contribution < 1.29 is 9.21 Å². The molecule has 76 valence electrons. The van der Waals surface area contributed by atoms with Crippen LogP contribution in [0.15, 0.2) is 22.9 Å². The van der Waals surface area contributed by atoms with Crippen molar-refractivity contribution in [2.45, 2.75) is 25.7 Å². The van der Waals surface area contributed by atoms with Gasteiger partial charge in [0.2, 0.25) is 0 Å². The average molecular weight is 201 g/mol. The number of ketones is 1. The molecule has 1 aromatic heterocycles. The first kappa shape index (κ1) is 8.65. The number of nitrogens with zero attached hydrogens (tertiary/aromatic N) is 1. The van der Waals surface area contributed by atoms with E-state index in [-0.39, 0.29) is 5.78 Å². The maximum absolute atomic E-state index is 11.8. The van der Waals surface area contributed by atoms with Crippen LogP contribution >= 0.6 is 0 Å². The van der Waals surface area contributed by atoms with Gasteiger partial charge in [-0.3, -0.25) is 4.79 Å². The zero-order valence-electron chi connectivity index (χ0n) is 8.32. The van der Waals surface area contributed by atoms with Gasteiger partial charge in [0.15, 0.2) is 17.8 Å². The molecule has 3 nitrogen and oxygen atoms in total. The van der Waals surface area contributed by atoms with Crippen LogP contribution in [0.4, 0.5) is 0 Å². The molecule has 1 aromatic carbocycles. The molecule has 3 rings (SSSR count). The third-order valence-electron chi connectivity index (χ3n) is 2.99. The molecule has 0 N–H and O–H groups in total. The number of carbonyl (C=O) groups excluding carboxylic acids is 1. The first-order valence-electron chi connectivity index (χ1n) is 5.24. The van der Waals surface area contributed by atoms with Gasteiger partial charge in [-0.25, -0.2) is 4.98 Å². The van der Waals surface area contributed by atoms with E-state index >= 15 is 0 Å². The summed E-state index contributed by atoms with van der Waals surface area (Å²) in [5.41, 5.74) is 3.56.